The van der Waals surface area contributed by atoms with E-state index in [2.05, 4.69) is 32.7 Å². The predicted molar refractivity (Wildman–Crippen MR) is 88.8 cm³/mol. The van der Waals surface area contributed by atoms with Gasteiger partial charge in [-0.25, -0.2) is 4.98 Å². The fraction of sp³-hybridized carbons (Fsp3) is 0.438. The lowest BCUT2D eigenvalue weighted by atomic mass is 10.1. The van der Waals surface area contributed by atoms with Gasteiger partial charge in [-0.05, 0) is 30.0 Å². The third-order valence-electron chi connectivity index (χ3n) is 3.67. The van der Waals surface area contributed by atoms with Crippen LogP contribution in [-0.2, 0) is 0 Å². The maximum absolute atomic E-state index is 5.50. The van der Waals surface area contributed by atoms with Crippen LogP contribution in [0.15, 0.2) is 24.4 Å². The Kier molecular flexibility index (Phi) is 4.48. The molecule has 0 atom stereocenters. The normalized spacial score (nSPS) is 12.9. The number of fused-ring (bicyclic) bond motifs is 2. The van der Waals surface area contributed by atoms with E-state index in [1.165, 1.54) is 6.42 Å². The number of benzene rings is 1. The monoisotopic (exact) mass is 350 g/mol. The van der Waals surface area contributed by atoms with Crippen LogP contribution in [0.3, 0.4) is 0 Å². The van der Waals surface area contributed by atoms with Crippen LogP contribution in [0.4, 0.5) is 5.82 Å². The fourth-order valence-corrected chi connectivity index (χ4v) is 3.00. The van der Waals surface area contributed by atoms with E-state index in [1.54, 1.807) is 0 Å². The lowest BCUT2D eigenvalue weighted by molar-refractivity contribution is 0.174. The molecule has 0 saturated carbocycles. The zero-order valence-corrected chi connectivity index (χ0v) is 13.7. The quantitative estimate of drug-likeness (QED) is 0.738. The standard InChI is InChI=1S/C16H19BrN2O2/c1-2-3-7-19(8-5-17)16-13-10-15-14(20-11-21-15)9-12(13)4-6-18-16/h4,6,9-10H,2-3,5,7-8,11H2,1H3. The van der Waals surface area contributed by atoms with E-state index >= 15 is 0 Å². The molecule has 5 heteroatoms. The molecule has 21 heavy (non-hydrogen) atoms. The lowest BCUT2D eigenvalue weighted by Crippen LogP contribution is -2.27. The summed E-state index contributed by atoms with van der Waals surface area (Å²) in [5, 5.41) is 3.19. The van der Waals surface area contributed by atoms with Crippen LogP contribution in [0.1, 0.15) is 19.8 Å². The molecular formula is C16H19BrN2O2. The van der Waals surface area contributed by atoms with E-state index in [0.717, 1.165) is 52.9 Å². The molecule has 2 heterocycles. The highest BCUT2D eigenvalue weighted by molar-refractivity contribution is 9.09. The van der Waals surface area contributed by atoms with Gasteiger partial charge in [0.15, 0.2) is 11.5 Å². The number of unbranched alkanes of at least 4 members (excludes halogenated alkanes) is 1. The molecule has 0 unspecified atom stereocenters. The molecule has 0 radical (unpaired) electrons. The highest BCUT2D eigenvalue weighted by Crippen LogP contribution is 2.38. The molecule has 1 aliphatic rings. The van der Waals surface area contributed by atoms with Gasteiger partial charge in [0.25, 0.3) is 0 Å². The van der Waals surface area contributed by atoms with Crippen LogP contribution in [-0.4, -0.2) is 30.2 Å². The van der Waals surface area contributed by atoms with Crippen molar-refractivity contribution in [3.8, 4) is 11.5 Å². The van der Waals surface area contributed by atoms with Crippen LogP contribution in [0, 0.1) is 0 Å². The van der Waals surface area contributed by atoms with Gasteiger partial charge >= 0.3 is 0 Å². The first-order valence-corrected chi connectivity index (χ1v) is 8.45. The summed E-state index contributed by atoms with van der Waals surface area (Å²) >= 11 is 3.54. The molecule has 3 rings (SSSR count). The minimum atomic E-state index is 0.301. The average molecular weight is 351 g/mol. The number of ether oxygens (including phenoxy) is 2. The van der Waals surface area contributed by atoms with Gasteiger partial charge in [-0.3, -0.25) is 0 Å². The van der Waals surface area contributed by atoms with Gasteiger partial charge in [-0.2, -0.15) is 0 Å². The number of hydrogen-bond donors (Lipinski definition) is 0. The highest BCUT2D eigenvalue weighted by Gasteiger charge is 2.18. The zero-order chi connectivity index (χ0) is 14.7. The van der Waals surface area contributed by atoms with Gasteiger partial charge in [0, 0.05) is 30.0 Å². The minimum Gasteiger partial charge on any atom is -0.454 e. The van der Waals surface area contributed by atoms with E-state index in [0.29, 0.717) is 6.79 Å². The number of anilines is 1. The van der Waals surface area contributed by atoms with E-state index in [1.807, 2.05) is 24.4 Å². The molecule has 0 fully saturated rings. The maximum atomic E-state index is 5.50. The number of pyridine rings is 1. The van der Waals surface area contributed by atoms with E-state index < -0.39 is 0 Å². The molecule has 0 N–H and O–H groups in total. The van der Waals surface area contributed by atoms with Gasteiger partial charge in [0.2, 0.25) is 6.79 Å². The topological polar surface area (TPSA) is 34.6 Å². The number of hydrogen-bond acceptors (Lipinski definition) is 4. The van der Waals surface area contributed by atoms with Crippen molar-refractivity contribution in [3.05, 3.63) is 24.4 Å². The highest BCUT2D eigenvalue weighted by atomic mass is 79.9. The summed E-state index contributed by atoms with van der Waals surface area (Å²) in [6.07, 6.45) is 4.21. The molecule has 0 bridgehead atoms. The second-order valence-electron chi connectivity index (χ2n) is 5.09. The third kappa shape index (κ3) is 2.93. The molecule has 2 aromatic rings. The van der Waals surface area contributed by atoms with Crippen molar-refractivity contribution in [2.45, 2.75) is 19.8 Å². The smallest absolute Gasteiger partial charge is 0.231 e. The maximum Gasteiger partial charge on any atom is 0.231 e. The van der Waals surface area contributed by atoms with Gasteiger partial charge in [0.05, 0.1) is 0 Å². The largest absolute Gasteiger partial charge is 0.454 e. The lowest BCUT2D eigenvalue weighted by Gasteiger charge is -2.24. The van der Waals surface area contributed by atoms with Crippen molar-refractivity contribution >= 4 is 32.5 Å². The Hall–Kier alpha value is -1.49. The van der Waals surface area contributed by atoms with E-state index in [4.69, 9.17) is 9.47 Å². The number of alkyl halides is 1. The van der Waals surface area contributed by atoms with E-state index in [9.17, 15) is 0 Å². The van der Waals surface area contributed by atoms with E-state index in [-0.39, 0.29) is 0 Å². The Labute approximate surface area is 133 Å². The third-order valence-corrected chi connectivity index (χ3v) is 4.03. The Bertz CT molecular complexity index is 633. The van der Waals surface area contributed by atoms with Crippen molar-refractivity contribution in [1.29, 1.82) is 0 Å². The first kappa shape index (κ1) is 14.4. The summed E-state index contributed by atoms with van der Waals surface area (Å²) < 4.78 is 11.0. The summed E-state index contributed by atoms with van der Waals surface area (Å²) in [4.78, 5) is 6.95. The number of halogens is 1. The Morgan fingerprint density at radius 3 is 2.81 bits per heavy atom. The number of aromatic nitrogens is 1. The SMILES string of the molecule is CCCCN(CCBr)c1nccc2cc3c(cc12)OCO3. The molecule has 0 amide bonds. The predicted octanol–water partition coefficient (Wildman–Crippen LogP) is 3.96. The summed E-state index contributed by atoms with van der Waals surface area (Å²) in [5.41, 5.74) is 0. The molecule has 1 aliphatic heterocycles. The first-order chi connectivity index (χ1) is 10.3. The second-order valence-corrected chi connectivity index (χ2v) is 5.88. The summed E-state index contributed by atoms with van der Waals surface area (Å²) in [5.74, 6) is 2.66. The Morgan fingerprint density at radius 1 is 1.24 bits per heavy atom. The molecule has 0 saturated heterocycles. The Balaban J connectivity index is 2.03. The second kappa shape index (κ2) is 6.52. The first-order valence-electron chi connectivity index (χ1n) is 7.32. The average Bonchev–Trinajstić information content (AvgIpc) is 2.96. The molecule has 0 aliphatic carbocycles. The van der Waals surface area contributed by atoms with Crippen molar-refractivity contribution < 1.29 is 9.47 Å². The van der Waals surface area contributed by atoms with Crippen LogP contribution < -0.4 is 14.4 Å². The summed E-state index contributed by atoms with van der Waals surface area (Å²) in [6, 6.07) is 6.11. The van der Waals surface area contributed by atoms with Gasteiger partial charge < -0.3 is 14.4 Å². The molecule has 112 valence electrons. The summed E-state index contributed by atoms with van der Waals surface area (Å²) in [6.45, 7) is 4.47. The van der Waals surface area contributed by atoms with Crippen LogP contribution in [0.25, 0.3) is 10.8 Å². The van der Waals surface area contributed by atoms with Crippen molar-refractivity contribution in [2.24, 2.45) is 0 Å². The van der Waals surface area contributed by atoms with Crippen LogP contribution in [0.2, 0.25) is 0 Å². The molecule has 1 aromatic carbocycles. The van der Waals surface area contributed by atoms with Gasteiger partial charge in [0.1, 0.15) is 5.82 Å². The summed E-state index contributed by atoms with van der Waals surface area (Å²) in [7, 11) is 0. The Morgan fingerprint density at radius 2 is 2.05 bits per heavy atom. The zero-order valence-electron chi connectivity index (χ0n) is 12.1. The van der Waals surface area contributed by atoms with Crippen molar-refractivity contribution in [1.82, 2.24) is 4.98 Å². The molecule has 1 aromatic heterocycles. The number of rotatable bonds is 6. The van der Waals surface area contributed by atoms with Gasteiger partial charge in [-0.1, -0.05) is 29.3 Å². The van der Waals surface area contributed by atoms with Crippen molar-refractivity contribution in [2.75, 3.05) is 30.1 Å². The van der Waals surface area contributed by atoms with Crippen LogP contribution >= 0.6 is 15.9 Å². The minimum absolute atomic E-state index is 0.301. The number of nitrogens with zero attached hydrogens (tertiary/aromatic N) is 2. The molecule has 4 nitrogen and oxygen atoms in total. The molecule has 0 spiro atoms. The molecular weight excluding hydrogens is 332 g/mol. The van der Waals surface area contributed by atoms with Gasteiger partial charge in [-0.15, -0.1) is 0 Å². The van der Waals surface area contributed by atoms with Crippen LogP contribution in [0.5, 0.6) is 11.5 Å². The fourth-order valence-electron chi connectivity index (χ4n) is 2.57. The van der Waals surface area contributed by atoms with Crippen molar-refractivity contribution in [3.63, 3.8) is 0 Å².